The number of esters is 1. The first kappa shape index (κ1) is 17.1. The first-order chi connectivity index (χ1) is 10.7. The molecule has 1 aromatic heterocycles. The normalized spacial score (nSPS) is 12.0. The van der Waals surface area contributed by atoms with E-state index in [4.69, 9.17) is 21.4 Å². The molecule has 0 fully saturated rings. The number of aliphatic carboxylic acids is 1. The van der Waals surface area contributed by atoms with Crippen LogP contribution in [0.5, 0.6) is 0 Å². The highest BCUT2D eigenvalue weighted by molar-refractivity contribution is 6.31. The van der Waals surface area contributed by atoms with Crippen LogP contribution in [-0.2, 0) is 20.9 Å². The van der Waals surface area contributed by atoms with Gasteiger partial charge in [-0.3, -0.25) is 4.79 Å². The molecular formula is C17H18ClNO4. The molecule has 0 amide bonds. The van der Waals surface area contributed by atoms with Crippen LogP contribution in [-0.4, -0.2) is 27.2 Å². The number of carboxylic acids is 1. The quantitative estimate of drug-likeness (QED) is 0.682. The number of nitrogens with zero attached hydrogens (tertiary/aromatic N) is 1. The fourth-order valence-electron chi connectivity index (χ4n) is 2.24. The molecule has 2 rings (SSSR count). The van der Waals surface area contributed by atoms with Gasteiger partial charge >= 0.3 is 11.9 Å². The molecular weight excluding hydrogens is 318 g/mol. The lowest BCUT2D eigenvalue weighted by Crippen LogP contribution is -2.26. The van der Waals surface area contributed by atoms with Crippen molar-refractivity contribution >= 4 is 40.5 Å². The van der Waals surface area contributed by atoms with Crippen molar-refractivity contribution in [1.29, 1.82) is 0 Å². The van der Waals surface area contributed by atoms with E-state index in [9.17, 15) is 9.59 Å². The van der Waals surface area contributed by atoms with Gasteiger partial charge < -0.3 is 14.4 Å². The predicted octanol–water partition coefficient (Wildman–Crippen LogP) is 3.73. The smallest absolute Gasteiger partial charge is 0.328 e. The van der Waals surface area contributed by atoms with Gasteiger partial charge in [-0.1, -0.05) is 11.6 Å². The summed E-state index contributed by atoms with van der Waals surface area (Å²) in [6, 6.07) is 7.06. The Hall–Kier alpha value is -2.27. The lowest BCUT2D eigenvalue weighted by atomic mass is 10.2. The summed E-state index contributed by atoms with van der Waals surface area (Å²) >= 11 is 5.99. The molecule has 122 valence electrons. The summed E-state index contributed by atoms with van der Waals surface area (Å²) in [5.74, 6) is -1.45. The molecule has 0 aliphatic carbocycles. The number of rotatable bonds is 4. The molecule has 23 heavy (non-hydrogen) atoms. The number of carboxylic acid groups (broad SMARTS) is 1. The maximum absolute atomic E-state index is 12.1. The number of fused-ring (bicyclic) bond motifs is 1. The molecule has 5 nitrogen and oxygen atoms in total. The van der Waals surface area contributed by atoms with Gasteiger partial charge in [0.25, 0.3) is 0 Å². The molecule has 6 heteroatoms. The third-order valence-electron chi connectivity index (χ3n) is 3.00. The number of carbonyl (C=O) groups is 2. The van der Waals surface area contributed by atoms with Crippen molar-refractivity contribution in [3.8, 4) is 0 Å². The van der Waals surface area contributed by atoms with Crippen molar-refractivity contribution in [1.82, 2.24) is 4.57 Å². The second-order valence-electron chi connectivity index (χ2n) is 6.12. The molecule has 0 unspecified atom stereocenters. The Labute approximate surface area is 139 Å². The summed E-state index contributed by atoms with van der Waals surface area (Å²) < 4.78 is 7.05. The van der Waals surface area contributed by atoms with Crippen LogP contribution in [0.15, 0.2) is 30.3 Å². The van der Waals surface area contributed by atoms with Crippen molar-refractivity contribution < 1.29 is 19.4 Å². The van der Waals surface area contributed by atoms with E-state index in [2.05, 4.69) is 0 Å². The number of halogens is 1. The molecule has 0 aliphatic heterocycles. The van der Waals surface area contributed by atoms with Crippen molar-refractivity contribution in [2.75, 3.05) is 0 Å². The molecule has 1 N–H and O–H groups in total. The van der Waals surface area contributed by atoms with Gasteiger partial charge in [-0.15, -0.1) is 0 Å². The second-order valence-corrected chi connectivity index (χ2v) is 6.55. The minimum absolute atomic E-state index is 0.0122. The van der Waals surface area contributed by atoms with E-state index in [0.717, 1.165) is 17.0 Å². The van der Waals surface area contributed by atoms with Gasteiger partial charge in [0.2, 0.25) is 0 Å². The molecule has 0 bridgehead atoms. The molecule has 0 aliphatic rings. The van der Waals surface area contributed by atoms with Crippen molar-refractivity contribution in [3.63, 3.8) is 0 Å². The fraction of sp³-hybridized carbons (Fsp3) is 0.294. The van der Waals surface area contributed by atoms with Gasteiger partial charge in [0.05, 0.1) is 0 Å². The summed E-state index contributed by atoms with van der Waals surface area (Å²) in [7, 11) is 0. The molecule has 1 aromatic carbocycles. The van der Waals surface area contributed by atoms with Crippen LogP contribution in [0.3, 0.4) is 0 Å². The Bertz CT molecular complexity index is 784. The number of ether oxygens (including phenoxy) is 1. The average Bonchev–Trinajstić information content (AvgIpc) is 2.71. The van der Waals surface area contributed by atoms with E-state index in [1.54, 1.807) is 49.6 Å². The summed E-state index contributed by atoms with van der Waals surface area (Å²) in [5, 5.41) is 10.2. The topological polar surface area (TPSA) is 68.5 Å². The molecule has 0 saturated carbocycles. The van der Waals surface area contributed by atoms with Crippen LogP contribution < -0.4 is 0 Å². The zero-order valence-corrected chi connectivity index (χ0v) is 13.9. The molecule has 0 saturated heterocycles. The minimum Gasteiger partial charge on any atom is -0.478 e. The summed E-state index contributed by atoms with van der Waals surface area (Å²) in [5.41, 5.74) is 0.793. The van der Waals surface area contributed by atoms with Crippen molar-refractivity contribution in [2.45, 2.75) is 32.9 Å². The third-order valence-corrected chi connectivity index (χ3v) is 3.23. The third kappa shape index (κ3) is 4.60. The Morgan fingerprint density at radius 2 is 2.00 bits per heavy atom. The zero-order chi connectivity index (χ0) is 17.2. The summed E-state index contributed by atoms with van der Waals surface area (Å²) in [4.78, 5) is 22.9. The van der Waals surface area contributed by atoms with Crippen LogP contribution in [0.2, 0.25) is 5.02 Å². The van der Waals surface area contributed by atoms with E-state index in [1.807, 2.05) is 0 Å². The number of carbonyl (C=O) groups excluding carboxylic acids is 1. The Balaban J connectivity index is 2.44. The molecule has 0 spiro atoms. The lowest BCUT2D eigenvalue weighted by Gasteiger charge is -2.20. The zero-order valence-electron chi connectivity index (χ0n) is 13.2. The first-order valence-corrected chi connectivity index (χ1v) is 7.45. The number of aromatic nitrogens is 1. The first-order valence-electron chi connectivity index (χ1n) is 7.07. The van der Waals surface area contributed by atoms with Gasteiger partial charge in [-0.2, -0.15) is 0 Å². The highest BCUT2D eigenvalue weighted by Crippen LogP contribution is 2.25. The average molecular weight is 336 g/mol. The van der Waals surface area contributed by atoms with E-state index in [0.29, 0.717) is 10.7 Å². The highest BCUT2D eigenvalue weighted by atomic mass is 35.5. The fourth-order valence-corrected chi connectivity index (χ4v) is 2.42. The van der Waals surface area contributed by atoms with Gasteiger partial charge in [0, 0.05) is 27.7 Å². The molecule has 0 atom stereocenters. The standard InChI is InChI=1S/C17H18ClNO4/c1-17(2,3)23-16(22)10-19-13(5-7-15(20)21)9-11-8-12(18)4-6-14(11)19/h4-9H,10H2,1-3H3,(H,20,21). The minimum atomic E-state index is -1.06. The molecule has 2 aromatic rings. The van der Waals surface area contributed by atoms with Crippen LogP contribution in [0.25, 0.3) is 17.0 Å². The summed E-state index contributed by atoms with van der Waals surface area (Å²) in [6.45, 7) is 5.37. The maximum Gasteiger partial charge on any atom is 0.328 e. The highest BCUT2D eigenvalue weighted by Gasteiger charge is 2.18. The number of hydrogen-bond acceptors (Lipinski definition) is 3. The SMILES string of the molecule is CC(C)(C)OC(=O)Cn1c(C=CC(=O)O)cc2cc(Cl)ccc21. The second kappa shape index (κ2) is 6.46. The van der Waals surface area contributed by atoms with E-state index in [-0.39, 0.29) is 6.54 Å². The Morgan fingerprint density at radius 3 is 2.61 bits per heavy atom. The maximum atomic E-state index is 12.1. The largest absolute Gasteiger partial charge is 0.478 e. The van der Waals surface area contributed by atoms with Gasteiger partial charge in [-0.05, 0) is 51.1 Å². The van der Waals surface area contributed by atoms with Crippen LogP contribution in [0.4, 0.5) is 0 Å². The van der Waals surface area contributed by atoms with Crippen LogP contribution >= 0.6 is 11.6 Å². The molecule has 1 heterocycles. The number of hydrogen-bond donors (Lipinski definition) is 1. The van der Waals surface area contributed by atoms with Gasteiger partial charge in [0.1, 0.15) is 12.1 Å². The molecule has 0 radical (unpaired) electrons. The van der Waals surface area contributed by atoms with E-state index in [1.165, 1.54) is 6.08 Å². The Morgan fingerprint density at radius 1 is 1.30 bits per heavy atom. The van der Waals surface area contributed by atoms with Crippen LogP contribution in [0, 0.1) is 0 Å². The monoisotopic (exact) mass is 335 g/mol. The van der Waals surface area contributed by atoms with E-state index >= 15 is 0 Å². The van der Waals surface area contributed by atoms with Crippen molar-refractivity contribution in [2.24, 2.45) is 0 Å². The van der Waals surface area contributed by atoms with E-state index < -0.39 is 17.5 Å². The Kier molecular flexibility index (Phi) is 4.80. The van der Waals surface area contributed by atoms with Crippen molar-refractivity contribution in [3.05, 3.63) is 41.1 Å². The lowest BCUT2D eigenvalue weighted by molar-refractivity contribution is -0.155. The van der Waals surface area contributed by atoms with Gasteiger partial charge in [-0.25, -0.2) is 4.79 Å². The summed E-state index contributed by atoms with van der Waals surface area (Å²) in [6.07, 6.45) is 2.47. The number of benzene rings is 1. The van der Waals surface area contributed by atoms with Crippen LogP contribution in [0.1, 0.15) is 26.5 Å². The van der Waals surface area contributed by atoms with Gasteiger partial charge in [0.15, 0.2) is 0 Å². The predicted molar refractivity (Wildman–Crippen MR) is 89.5 cm³/mol.